The number of hydrogen-bond donors (Lipinski definition) is 2. The van der Waals surface area contributed by atoms with Gasteiger partial charge in [0.05, 0.1) is 6.10 Å². The third kappa shape index (κ3) is 5.07. The Labute approximate surface area is 125 Å². The Bertz CT molecular complexity index is 483. The number of aliphatic hydroxyl groups is 1. The van der Waals surface area contributed by atoms with Gasteiger partial charge in [0.2, 0.25) is 5.91 Å². The lowest BCUT2D eigenvalue weighted by atomic mass is 10.1. The van der Waals surface area contributed by atoms with Gasteiger partial charge in [-0.25, -0.2) is 4.79 Å². The number of rotatable bonds is 5. The summed E-state index contributed by atoms with van der Waals surface area (Å²) in [5.74, 6) is -0.128. The van der Waals surface area contributed by atoms with Crippen LogP contribution in [0.5, 0.6) is 0 Å². The molecule has 1 rings (SSSR count). The molecule has 0 bridgehead atoms. The number of urea groups is 1. The fourth-order valence-electron chi connectivity index (χ4n) is 1.68. The minimum absolute atomic E-state index is 0.0427. The number of hydrogen-bond acceptors (Lipinski definition) is 3. The first-order valence-electron chi connectivity index (χ1n) is 6.89. The monoisotopic (exact) mass is 293 g/mol. The molecule has 0 fully saturated rings. The van der Waals surface area contributed by atoms with Crippen molar-refractivity contribution in [1.82, 2.24) is 9.80 Å². The highest BCUT2D eigenvalue weighted by atomic mass is 16.3. The third-order valence-electron chi connectivity index (χ3n) is 3.14. The number of nitrogens with one attached hydrogen (secondary N) is 1. The molecule has 0 aliphatic rings. The van der Waals surface area contributed by atoms with Crippen molar-refractivity contribution in [3.05, 3.63) is 29.8 Å². The Morgan fingerprint density at radius 2 is 1.81 bits per heavy atom. The summed E-state index contributed by atoms with van der Waals surface area (Å²) in [5.41, 5.74) is 1.41. The topological polar surface area (TPSA) is 72.9 Å². The van der Waals surface area contributed by atoms with Crippen molar-refractivity contribution < 1.29 is 14.7 Å². The van der Waals surface area contributed by atoms with Crippen LogP contribution in [0.1, 0.15) is 25.5 Å². The maximum Gasteiger partial charge on any atom is 0.322 e. The van der Waals surface area contributed by atoms with Crippen LogP contribution in [0.15, 0.2) is 24.3 Å². The van der Waals surface area contributed by atoms with E-state index in [0.717, 1.165) is 5.56 Å². The standard InChI is InChI=1S/C15H23N3O3/c1-5-18(10-14(20)17(3)4)15(21)16-13-8-6-12(7-9-13)11(2)19/h6-9,11,19H,5,10H2,1-4H3,(H,16,21). The van der Waals surface area contributed by atoms with Gasteiger partial charge < -0.3 is 20.2 Å². The number of likely N-dealkylation sites (N-methyl/N-ethyl adjacent to an activating group) is 2. The molecule has 2 N–H and O–H groups in total. The number of anilines is 1. The molecular weight excluding hydrogens is 270 g/mol. The zero-order chi connectivity index (χ0) is 16.0. The molecule has 1 unspecified atom stereocenters. The molecule has 21 heavy (non-hydrogen) atoms. The molecule has 1 aromatic carbocycles. The Morgan fingerprint density at radius 1 is 1.24 bits per heavy atom. The van der Waals surface area contributed by atoms with Gasteiger partial charge in [-0.3, -0.25) is 4.79 Å². The highest BCUT2D eigenvalue weighted by Crippen LogP contribution is 2.15. The number of aliphatic hydroxyl groups excluding tert-OH is 1. The molecule has 6 heteroatoms. The van der Waals surface area contributed by atoms with Crippen LogP contribution in [0.4, 0.5) is 10.5 Å². The van der Waals surface area contributed by atoms with Crippen molar-refractivity contribution in [2.45, 2.75) is 20.0 Å². The second-order valence-electron chi connectivity index (χ2n) is 5.03. The minimum Gasteiger partial charge on any atom is -0.389 e. The van der Waals surface area contributed by atoms with E-state index >= 15 is 0 Å². The number of amides is 3. The summed E-state index contributed by atoms with van der Waals surface area (Å²) in [4.78, 5) is 26.7. The smallest absolute Gasteiger partial charge is 0.322 e. The molecule has 0 aliphatic carbocycles. The molecule has 116 valence electrons. The van der Waals surface area contributed by atoms with Crippen molar-refractivity contribution in [2.75, 3.05) is 32.5 Å². The van der Waals surface area contributed by atoms with Crippen molar-refractivity contribution in [3.63, 3.8) is 0 Å². The molecule has 1 atom stereocenters. The second kappa shape index (κ2) is 7.64. The molecule has 1 aromatic rings. The SMILES string of the molecule is CCN(CC(=O)N(C)C)C(=O)Nc1ccc(C(C)O)cc1. The normalized spacial score (nSPS) is 11.7. The van der Waals surface area contributed by atoms with Gasteiger partial charge in [-0.15, -0.1) is 0 Å². The van der Waals surface area contributed by atoms with E-state index in [1.807, 2.05) is 6.92 Å². The Kier molecular flexibility index (Phi) is 6.17. The van der Waals surface area contributed by atoms with Crippen LogP contribution >= 0.6 is 0 Å². The van der Waals surface area contributed by atoms with Crippen molar-refractivity contribution in [3.8, 4) is 0 Å². The predicted molar refractivity (Wildman–Crippen MR) is 82.0 cm³/mol. The van der Waals surface area contributed by atoms with E-state index in [-0.39, 0.29) is 18.5 Å². The van der Waals surface area contributed by atoms with Gasteiger partial charge in [-0.2, -0.15) is 0 Å². The van der Waals surface area contributed by atoms with E-state index in [1.54, 1.807) is 45.3 Å². The number of nitrogens with zero attached hydrogens (tertiary/aromatic N) is 2. The van der Waals surface area contributed by atoms with Gasteiger partial charge >= 0.3 is 6.03 Å². The zero-order valence-electron chi connectivity index (χ0n) is 13.0. The minimum atomic E-state index is -0.542. The first kappa shape index (κ1) is 17.0. The Morgan fingerprint density at radius 3 is 2.24 bits per heavy atom. The summed E-state index contributed by atoms with van der Waals surface area (Å²) in [5, 5.41) is 12.2. The lowest BCUT2D eigenvalue weighted by molar-refractivity contribution is -0.129. The molecule has 6 nitrogen and oxygen atoms in total. The molecule has 0 heterocycles. The van der Waals surface area contributed by atoms with Gasteiger partial charge in [0.1, 0.15) is 6.54 Å². The average Bonchev–Trinajstić information content (AvgIpc) is 2.44. The molecule has 3 amide bonds. The van der Waals surface area contributed by atoms with Crippen molar-refractivity contribution >= 4 is 17.6 Å². The van der Waals surface area contributed by atoms with Crippen molar-refractivity contribution in [2.24, 2.45) is 0 Å². The van der Waals surface area contributed by atoms with E-state index in [4.69, 9.17) is 0 Å². The van der Waals surface area contributed by atoms with Gasteiger partial charge in [0.15, 0.2) is 0 Å². The van der Waals surface area contributed by atoms with E-state index in [0.29, 0.717) is 12.2 Å². The average molecular weight is 293 g/mol. The van der Waals surface area contributed by atoms with E-state index in [2.05, 4.69) is 5.32 Å². The van der Waals surface area contributed by atoms with E-state index in [1.165, 1.54) is 9.80 Å². The summed E-state index contributed by atoms with van der Waals surface area (Å²) >= 11 is 0. The second-order valence-corrected chi connectivity index (χ2v) is 5.03. The van der Waals surface area contributed by atoms with Crippen LogP contribution in [-0.2, 0) is 4.79 Å². The van der Waals surface area contributed by atoms with Gasteiger partial charge in [-0.05, 0) is 31.5 Å². The van der Waals surface area contributed by atoms with Gasteiger partial charge in [-0.1, -0.05) is 12.1 Å². The molecule has 0 spiro atoms. The number of benzene rings is 1. The number of carbonyl (C=O) groups excluding carboxylic acids is 2. The maximum absolute atomic E-state index is 12.1. The summed E-state index contributed by atoms with van der Waals surface area (Å²) < 4.78 is 0. The van der Waals surface area contributed by atoms with E-state index in [9.17, 15) is 14.7 Å². The molecule has 0 saturated heterocycles. The summed E-state index contributed by atoms with van der Waals surface area (Å²) in [6, 6.07) is 6.63. The quantitative estimate of drug-likeness (QED) is 0.867. The van der Waals surface area contributed by atoms with Crippen LogP contribution in [0, 0.1) is 0 Å². The molecule has 0 aliphatic heterocycles. The van der Waals surface area contributed by atoms with Crippen LogP contribution in [0.2, 0.25) is 0 Å². The first-order valence-corrected chi connectivity index (χ1v) is 6.89. The molecule has 0 saturated carbocycles. The van der Waals surface area contributed by atoms with E-state index < -0.39 is 6.10 Å². The van der Waals surface area contributed by atoms with Crippen LogP contribution in [-0.4, -0.2) is 54.0 Å². The lowest BCUT2D eigenvalue weighted by Gasteiger charge is -2.22. The highest BCUT2D eigenvalue weighted by Gasteiger charge is 2.16. The van der Waals surface area contributed by atoms with Crippen LogP contribution in [0.25, 0.3) is 0 Å². The molecule has 0 aromatic heterocycles. The maximum atomic E-state index is 12.1. The molecular formula is C15H23N3O3. The predicted octanol–water partition coefficient (Wildman–Crippen LogP) is 1.68. The first-order chi connectivity index (χ1) is 9.85. The van der Waals surface area contributed by atoms with Crippen LogP contribution < -0.4 is 5.32 Å². The summed E-state index contributed by atoms with van der Waals surface area (Å²) in [6.45, 7) is 3.98. The number of carbonyl (C=O) groups is 2. The summed E-state index contributed by atoms with van der Waals surface area (Å²) in [7, 11) is 3.31. The fourth-order valence-corrected chi connectivity index (χ4v) is 1.68. The summed E-state index contributed by atoms with van der Waals surface area (Å²) in [6.07, 6.45) is -0.542. The van der Waals surface area contributed by atoms with Gasteiger partial charge in [0, 0.05) is 26.3 Å². The van der Waals surface area contributed by atoms with Gasteiger partial charge in [0.25, 0.3) is 0 Å². The fraction of sp³-hybridized carbons (Fsp3) is 0.467. The lowest BCUT2D eigenvalue weighted by Crippen LogP contribution is -2.42. The Hall–Kier alpha value is -2.08. The third-order valence-corrected chi connectivity index (χ3v) is 3.14. The Balaban J connectivity index is 2.67. The largest absolute Gasteiger partial charge is 0.389 e. The molecule has 0 radical (unpaired) electrons. The zero-order valence-corrected chi connectivity index (χ0v) is 13.0. The van der Waals surface area contributed by atoms with Crippen molar-refractivity contribution in [1.29, 1.82) is 0 Å². The van der Waals surface area contributed by atoms with Crippen LogP contribution in [0.3, 0.4) is 0 Å². The highest BCUT2D eigenvalue weighted by molar-refractivity contribution is 5.92.